The van der Waals surface area contributed by atoms with Crippen molar-refractivity contribution in [2.45, 2.75) is 26.2 Å². The zero-order chi connectivity index (χ0) is 14.8. The second-order valence-corrected chi connectivity index (χ2v) is 5.82. The second-order valence-electron chi connectivity index (χ2n) is 5.82. The summed E-state index contributed by atoms with van der Waals surface area (Å²) in [6.45, 7) is 6.34. The summed E-state index contributed by atoms with van der Waals surface area (Å²) in [4.78, 5) is 12.8. The molecule has 0 bridgehead atoms. The molecule has 0 amide bonds. The highest BCUT2D eigenvalue weighted by molar-refractivity contribution is 6.11. The molecule has 0 aliphatic rings. The lowest BCUT2D eigenvalue weighted by Gasteiger charge is -2.22. The molecule has 0 aliphatic heterocycles. The number of carbonyl (C=O) groups is 1. The van der Waals surface area contributed by atoms with E-state index in [1.165, 1.54) is 0 Å². The molecule has 0 N–H and O–H groups in total. The first-order valence-electron chi connectivity index (χ1n) is 6.72. The fraction of sp³-hybridized carbons (Fsp3) is 0.278. The first kappa shape index (κ1) is 14.3. The summed E-state index contributed by atoms with van der Waals surface area (Å²) < 4.78 is 5.29. The lowest BCUT2D eigenvalue weighted by molar-refractivity contribution is 0.103. The Hall–Kier alpha value is -2.09. The van der Waals surface area contributed by atoms with Crippen LogP contribution in [0.4, 0.5) is 0 Å². The molecule has 0 heterocycles. The normalized spacial score (nSPS) is 11.2. The zero-order valence-electron chi connectivity index (χ0n) is 12.4. The maximum atomic E-state index is 12.8. The molecular formula is C18H20O2. The Kier molecular flexibility index (Phi) is 3.93. The monoisotopic (exact) mass is 268 g/mol. The first-order chi connectivity index (χ1) is 9.45. The smallest absolute Gasteiger partial charge is 0.197 e. The lowest BCUT2D eigenvalue weighted by atomic mass is 9.82. The van der Waals surface area contributed by atoms with Gasteiger partial charge in [-0.3, -0.25) is 4.79 Å². The summed E-state index contributed by atoms with van der Waals surface area (Å²) in [7, 11) is 1.59. The number of rotatable bonds is 3. The van der Waals surface area contributed by atoms with Gasteiger partial charge in [-0.2, -0.15) is 0 Å². The van der Waals surface area contributed by atoms with E-state index in [1.54, 1.807) is 13.2 Å². The van der Waals surface area contributed by atoms with Crippen LogP contribution in [-0.2, 0) is 5.41 Å². The van der Waals surface area contributed by atoms with E-state index in [0.717, 1.165) is 11.1 Å². The van der Waals surface area contributed by atoms with Crippen molar-refractivity contribution < 1.29 is 9.53 Å². The Labute approximate surface area is 120 Å². The van der Waals surface area contributed by atoms with E-state index in [2.05, 4.69) is 20.8 Å². The number of methoxy groups -OCH3 is 1. The summed E-state index contributed by atoms with van der Waals surface area (Å²) in [6.07, 6.45) is 0. The summed E-state index contributed by atoms with van der Waals surface area (Å²) in [5.41, 5.74) is 2.32. The van der Waals surface area contributed by atoms with Gasteiger partial charge in [0, 0.05) is 5.56 Å². The number of ether oxygens (including phenoxy) is 1. The van der Waals surface area contributed by atoms with Gasteiger partial charge in [-0.05, 0) is 23.1 Å². The molecular weight excluding hydrogens is 248 g/mol. The molecule has 2 rings (SSSR count). The Balaban J connectivity index is 2.55. The van der Waals surface area contributed by atoms with Crippen LogP contribution in [0.1, 0.15) is 42.3 Å². The minimum atomic E-state index is -0.0751. The lowest BCUT2D eigenvalue weighted by Crippen LogP contribution is -2.17. The van der Waals surface area contributed by atoms with Gasteiger partial charge in [-0.25, -0.2) is 0 Å². The van der Waals surface area contributed by atoms with E-state index in [-0.39, 0.29) is 11.2 Å². The summed E-state index contributed by atoms with van der Waals surface area (Å²) in [5.74, 6) is 0.620. The van der Waals surface area contributed by atoms with Crippen LogP contribution in [0.5, 0.6) is 5.75 Å². The molecule has 0 atom stereocenters. The van der Waals surface area contributed by atoms with Crippen molar-refractivity contribution in [3.05, 3.63) is 65.2 Å². The van der Waals surface area contributed by atoms with Crippen molar-refractivity contribution >= 4 is 5.78 Å². The second kappa shape index (κ2) is 5.49. The van der Waals surface area contributed by atoms with E-state index in [9.17, 15) is 4.79 Å². The van der Waals surface area contributed by atoms with Crippen LogP contribution in [-0.4, -0.2) is 12.9 Å². The average Bonchev–Trinajstić information content (AvgIpc) is 2.45. The highest BCUT2D eigenvalue weighted by atomic mass is 16.5. The molecule has 2 aromatic carbocycles. The number of para-hydroxylation sites is 1. The van der Waals surface area contributed by atoms with Crippen molar-refractivity contribution in [1.29, 1.82) is 0 Å². The highest BCUT2D eigenvalue weighted by Gasteiger charge is 2.23. The minimum absolute atomic E-state index is 0.00738. The SMILES string of the molecule is COc1ccccc1C(=O)c1ccccc1C(C)(C)C. The Bertz CT molecular complexity index is 621. The minimum Gasteiger partial charge on any atom is -0.496 e. The molecule has 0 saturated heterocycles. The van der Waals surface area contributed by atoms with Gasteiger partial charge in [0.25, 0.3) is 0 Å². The van der Waals surface area contributed by atoms with Crippen LogP contribution in [0.3, 0.4) is 0 Å². The van der Waals surface area contributed by atoms with E-state index in [4.69, 9.17) is 4.74 Å². The van der Waals surface area contributed by atoms with Gasteiger partial charge in [-0.1, -0.05) is 57.2 Å². The summed E-state index contributed by atoms with van der Waals surface area (Å²) in [6, 6.07) is 15.1. The molecule has 0 saturated carbocycles. The van der Waals surface area contributed by atoms with Crippen molar-refractivity contribution in [2.24, 2.45) is 0 Å². The molecule has 2 aromatic rings. The van der Waals surface area contributed by atoms with Crippen LogP contribution < -0.4 is 4.74 Å². The third kappa shape index (κ3) is 2.74. The van der Waals surface area contributed by atoms with E-state index in [0.29, 0.717) is 11.3 Å². The summed E-state index contributed by atoms with van der Waals surface area (Å²) >= 11 is 0. The first-order valence-corrected chi connectivity index (χ1v) is 6.72. The van der Waals surface area contributed by atoms with E-state index < -0.39 is 0 Å². The predicted octanol–water partition coefficient (Wildman–Crippen LogP) is 4.22. The Morgan fingerprint density at radius 3 is 2.05 bits per heavy atom. The van der Waals surface area contributed by atoms with Crippen LogP contribution in [0.15, 0.2) is 48.5 Å². The standard InChI is InChI=1S/C18H20O2/c1-18(2,3)15-11-7-5-9-13(15)17(19)14-10-6-8-12-16(14)20-4/h5-12H,1-4H3. The topological polar surface area (TPSA) is 26.3 Å². The molecule has 2 nitrogen and oxygen atoms in total. The predicted molar refractivity (Wildman–Crippen MR) is 81.6 cm³/mol. The molecule has 0 aromatic heterocycles. The van der Waals surface area contributed by atoms with Crippen molar-refractivity contribution in [3.8, 4) is 5.75 Å². The largest absolute Gasteiger partial charge is 0.496 e. The summed E-state index contributed by atoms with van der Waals surface area (Å²) in [5, 5.41) is 0. The maximum Gasteiger partial charge on any atom is 0.197 e. The maximum absolute atomic E-state index is 12.8. The van der Waals surface area contributed by atoms with Crippen LogP contribution in [0.25, 0.3) is 0 Å². The molecule has 0 radical (unpaired) electrons. The van der Waals surface area contributed by atoms with Crippen molar-refractivity contribution in [3.63, 3.8) is 0 Å². The average molecular weight is 268 g/mol. The van der Waals surface area contributed by atoms with Gasteiger partial charge in [0.05, 0.1) is 12.7 Å². The number of benzene rings is 2. The third-order valence-corrected chi connectivity index (χ3v) is 3.33. The zero-order valence-corrected chi connectivity index (χ0v) is 12.4. The van der Waals surface area contributed by atoms with Crippen LogP contribution >= 0.6 is 0 Å². The van der Waals surface area contributed by atoms with Gasteiger partial charge >= 0.3 is 0 Å². The number of ketones is 1. The van der Waals surface area contributed by atoms with Crippen LogP contribution in [0, 0.1) is 0 Å². The quantitative estimate of drug-likeness (QED) is 0.779. The number of hydrogen-bond acceptors (Lipinski definition) is 2. The van der Waals surface area contributed by atoms with Gasteiger partial charge < -0.3 is 4.74 Å². The van der Waals surface area contributed by atoms with E-state index >= 15 is 0 Å². The molecule has 2 heteroatoms. The molecule has 0 aliphatic carbocycles. The third-order valence-electron chi connectivity index (χ3n) is 3.33. The van der Waals surface area contributed by atoms with Crippen molar-refractivity contribution in [1.82, 2.24) is 0 Å². The van der Waals surface area contributed by atoms with Crippen LogP contribution in [0.2, 0.25) is 0 Å². The highest BCUT2D eigenvalue weighted by Crippen LogP contribution is 2.29. The Morgan fingerprint density at radius 1 is 0.900 bits per heavy atom. The molecule has 0 fully saturated rings. The number of hydrogen-bond donors (Lipinski definition) is 0. The molecule has 104 valence electrons. The van der Waals surface area contributed by atoms with Gasteiger partial charge in [0.15, 0.2) is 5.78 Å². The van der Waals surface area contributed by atoms with E-state index in [1.807, 2.05) is 42.5 Å². The Morgan fingerprint density at radius 2 is 1.45 bits per heavy atom. The molecule has 0 spiro atoms. The number of carbonyl (C=O) groups excluding carboxylic acids is 1. The van der Waals surface area contributed by atoms with Gasteiger partial charge in [0.1, 0.15) is 5.75 Å². The fourth-order valence-corrected chi connectivity index (χ4v) is 2.31. The van der Waals surface area contributed by atoms with Gasteiger partial charge in [-0.15, -0.1) is 0 Å². The van der Waals surface area contributed by atoms with Crippen molar-refractivity contribution in [2.75, 3.05) is 7.11 Å². The molecule has 20 heavy (non-hydrogen) atoms. The fourth-order valence-electron chi connectivity index (χ4n) is 2.31. The molecule has 0 unspecified atom stereocenters. The van der Waals surface area contributed by atoms with Gasteiger partial charge in [0.2, 0.25) is 0 Å².